The number of hydrogen-bond donors (Lipinski definition) is 4. The fourth-order valence-electron chi connectivity index (χ4n) is 10.6. The molecule has 16 nitrogen and oxygen atoms in total. The average Bonchev–Trinajstić information content (AvgIpc) is 3.76. The fraction of sp³-hybridized carbons (Fsp3) is 0.660. The maximum absolute atomic E-state index is 14.8. The van der Waals surface area contributed by atoms with Crippen LogP contribution in [0.5, 0.6) is 11.5 Å². The van der Waals surface area contributed by atoms with Crippen LogP contribution >= 0.6 is 22.9 Å². The number of pyridine rings is 1. The molecule has 3 aromatic rings. The number of thiazole rings is 1. The number of ether oxygens (including phenoxy) is 4. The molecule has 3 aliphatic carbocycles. The first kappa shape index (κ1) is 45.7. The summed E-state index contributed by atoms with van der Waals surface area (Å²) in [6, 6.07) is 3.59. The van der Waals surface area contributed by atoms with E-state index in [-0.39, 0.29) is 31.0 Å². The maximum Gasteiger partial charge on any atom is 0.408 e. The van der Waals surface area contributed by atoms with Crippen LogP contribution < -0.4 is 25.4 Å². The molecule has 1 unspecified atom stereocenters. The van der Waals surface area contributed by atoms with Crippen molar-refractivity contribution < 1.29 is 43.2 Å². The van der Waals surface area contributed by atoms with E-state index < -0.39 is 47.6 Å². The summed E-state index contributed by atoms with van der Waals surface area (Å²) in [6.07, 6.45) is 5.82. The number of halogens is 1. The number of carbonyl (C=O) groups excluding carboxylic acids is 3. The summed E-state index contributed by atoms with van der Waals surface area (Å²) in [4.78, 5) is 69.0. The molecule has 6 aliphatic rings. The first-order valence-electron chi connectivity index (χ1n) is 23.6. The lowest BCUT2D eigenvalue weighted by molar-refractivity contribution is -0.146. The van der Waals surface area contributed by atoms with E-state index in [2.05, 4.69) is 27.8 Å². The Kier molecular flexibility index (Phi) is 13.6. The molecule has 18 heteroatoms. The van der Waals surface area contributed by atoms with Crippen molar-refractivity contribution in [2.24, 2.45) is 23.7 Å². The number of aliphatic carboxylic acids is 1. The zero-order valence-corrected chi connectivity index (χ0v) is 39.1. The molecule has 3 amide bonds. The van der Waals surface area contributed by atoms with Gasteiger partial charge in [-0.1, -0.05) is 50.6 Å². The third kappa shape index (κ3) is 10.1. The summed E-state index contributed by atoms with van der Waals surface area (Å²) >= 11 is 8.58. The SMILES string of the molecule is CC(C)Nc1nc(-c2cc(O[C@@H]3C[C@H]4C(=O)N[C@]5(C(=O)O)C[C@H]5CCCCCCCC(NC(=O)O[C@@H]5C[C@@H]6[C@H](C)[C@@H]6C5)C(=O)N4C3)c3ccc(OCCN4CCOCC4)c(Cl)c3n2)cs1. The Hall–Kier alpha value is -4.45. The Bertz CT molecular complexity index is 2250. The summed E-state index contributed by atoms with van der Waals surface area (Å²) in [5, 5.41) is 23.1. The summed E-state index contributed by atoms with van der Waals surface area (Å²) in [6.45, 7) is 10.5. The van der Waals surface area contributed by atoms with Crippen LogP contribution in [0.2, 0.25) is 5.02 Å². The van der Waals surface area contributed by atoms with E-state index in [9.17, 15) is 24.3 Å². The van der Waals surface area contributed by atoms with Crippen molar-refractivity contribution in [2.45, 2.75) is 127 Å². The maximum atomic E-state index is 14.8. The van der Waals surface area contributed by atoms with Crippen molar-refractivity contribution in [3.63, 3.8) is 0 Å². The number of amides is 3. The lowest BCUT2D eigenvalue weighted by atomic mass is 10.0. The number of carboxylic acid groups (broad SMARTS) is 1. The second kappa shape index (κ2) is 19.4. The Morgan fingerprint density at radius 3 is 2.52 bits per heavy atom. The summed E-state index contributed by atoms with van der Waals surface area (Å²) in [5.74, 6) is 0.464. The van der Waals surface area contributed by atoms with Crippen molar-refractivity contribution in [1.82, 2.24) is 30.4 Å². The van der Waals surface area contributed by atoms with Gasteiger partial charge in [-0.2, -0.15) is 0 Å². The van der Waals surface area contributed by atoms with Crippen LogP contribution in [0.1, 0.15) is 91.4 Å². The monoisotopic (exact) mass is 935 g/mol. The molecule has 4 N–H and O–H groups in total. The zero-order valence-electron chi connectivity index (χ0n) is 37.5. The van der Waals surface area contributed by atoms with Gasteiger partial charge >= 0.3 is 12.1 Å². The highest BCUT2D eigenvalue weighted by molar-refractivity contribution is 7.14. The highest BCUT2D eigenvalue weighted by Crippen LogP contribution is 2.57. The molecule has 0 radical (unpaired) electrons. The van der Waals surface area contributed by atoms with E-state index in [1.165, 1.54) is 16.2 Å². The summed E-state index contributed by atoms with van der Waals surface area (Å²) in [7, 11) is 0. The number of alkyl carbamates (subject to hydrolysis) is 1. The number of nitrogens with zero attached hydrogens (tertiary/aromatic N) is 4. The van der Waals surface area contributed by atoms with Gasteiger partial charge in [0.2, 0.25) is 11.8 Å². The van der Waals surface area contributed by atoms with Gasteiger partial charge in [-0.3, -0.25) is 14.5 Å². The normalized spacial score (nSPS) is 30.6. The Balaban J connectivity index is 1.00. The molecule has 0 bridgehead atoms. The lowest BCUT2D eigenvalue weighted by Gasteiger charge is -2.29. The molecule has 65 heavy (non-hydrogen) atoms. The molecule has 9 rings (SSSR count). The number of hydrogen-bond acceptors (Lipinski definition) is 13. The highest BCUT2D eigenvalue weighted by Gasteiger charge is 2.62. The molecule has 352 valence electrons. The number of anilines is 1. The number of carbonyl (C=O) groups is 4. The number of nitrogens with one attached hydrogen (secondary N) is 3. The molecular formula is C47H62ClN7O9S. The van der Waals surface area contributed by atoms with E-state index >= 15 is 0 Å². The number of benzene rings is 1. The number of morpholine rings is 1. The largest absolute Gasteiger partial charge is 0.491 e. The first-order valence-corrected chi connectivity index (χ1v) is 24.9. The summed E-state index contributed by atoms with van der Waals surface area (Å²) < 4.78 is 24.4. The lowest BCUT2D eigenvalue weighted by Crippen LogP contribution is -2.56. The van der Waals surface area contributed by atoms with E-state index in [4.69, 9.17) is 40.5 Å². The molecule has 3 aliphatic heterocycles. The smallest absolute Gasteiger partial charge is 0.408 e. The van der Waals surface area contributed by atoms with Gasteiger partial charge in [0.05, 0.1) is 31.0 Å². The number of rotatable bonds is 12. The topological polar surface area (TPSA) is 194 Å². The summed E-state index contributed by atoms with van der Waals surface area (Å²) in [5.41, 5.74) is 0.166. The number of carboxylic acids is 1. The van der Waals surface area contributed by atoms with Crippen LogP contribution in [0.4, 0.5) is 9.93 Å². The highest BCUT2D eigenvalue weighted by atomic mass is 35.5. The Labute approximate surface area is 388 Å². The van der Waals surface area contributed by atoms with Gasteiger partial charge in [-0.25, -0.2) is 19.6 Å². The molecule has 3 saturated carbocycles. The van der Waals surface area contributed by atoms with Gasteiger partial charge in [-0.15, -0.1) is 11.3 Å². The van der Waals surface area contributed by atoms with Crippen molar-refractivity contribution in [1.29, 1.82) is 0 Å². The van der Waals surface area contributed by atoms with Crippen LogP contribution in [0.25, 0.3) is 22.3 Å². The molecular weight excluding hydrogens is 874 g/mol. The van der Waals surface area contributed by atoms with E-state index in [0.29, 0.717) is 109 Å². The minimum absolute atomic E-state index is 0.00625. The minimum atomic E-state index is -1.39. The number of aromatic nitrogens is 2. The van der Waals surface area contributed by atoms with Gasteiger partial charge in [0.25, 0.3) is 0 Å². The zero-order chi connectivity index (χ0) is 45.4. The molecule has 2 aromatic heterocycles. The van der Waals surface area contributed by atoms with Crippen LogP contribution in [0.15, 0.2) is 23.6 Å². The predicted octanol–water partition coefficient (Wildman–Crippen LogP) is 6.73. The number of fused-ring (bicyclic) bond motifs is 4. The first-order chi connectivity index (χ1) is 31.4. The molecule has 1 aromatic carbocycles. The fourth-order valence-corrected chi connectivity index (χ4v) is 11.8. The van der Waals surface area contributed by atoms with E-state index in [1.54, 1.807) is 12.1 Å². The standard InChI is InChI=1S/C47H62ClN7O9S/c1-26(2)49-45-51-36(25-65-45)35-22-39(31-11-12-38(40(48)41(31)50-35)62-18-15-54-13-16-61-17-14-54)63-30-21-37-42(56)53-47(44(58)59)23-28(47)9-7-5-4-6-8-10-34(43(57)55(37)24-30)52-46(60)64-29-19-32-27(3)33(32)20-29/h11-12,22,25-30,32-34,37H,4-10,13-21,23-24H2,1-3H3,(H,49,51)(H,52,60)(H,53,56)(H,58,59)/t27-,28-,29+,30-,32+,33-,34?,37+,47-/m1/s1. The van der Waals surface area contributed by atoms with Gasteiger partial charge < -0.3 is 44.9 Å². The Morgan fingerprint density at radius 2 is 1.77 bits per heavy atom. The van der Waals surface area contributed by atoms with Crippen LogP contribution in [-0.2, 0) is 23.9 Å². The second-order valence-electron chi connectivity index (χ2n) is 19.3. The van der Waals surface area contributed by atoms with Crippen molar-refractivity contribution in [2.75, 3.05) is 51.3 Å². The quantitative estimate of drug-likeness (QED) is 0.150. The van der Waals surface area contributed by atoms with Crippen molar-refractivity contribution in [3.05, 3.63) is 28.6 Å². The van der Waals surface area contributed by atoms with E-state index in [1.807, 2.05) is 25.3 Å². The van der Waals surface area contributed by atoms with Crippen LogP contribution in [-0.4, -0.2) is 131 Å². The molecule has 3 saturated heterocycles. The second-order valence-corrected chi connectivity index (χ2v) is 20.5. The van der Waals surface area contributed by atoms with Crippen LogP contribution in [0.3, 0.4) is 0 Å². The van der Waals surface area contributed by atoms with Gasteiger partial charge in [0.1, 0.15) is 58.7 Å². The third-order valence-electron chi connectivity index (χ3n) is 14.5. The van der Waals surface area contributed by atoms with Crippen molar-refractivity contribution in [3.8, 4) is 22.9 Å². The molecule has 6 fully saturated rings. The van der Waals surface area contributed by atoms with Gasteiger partial charge in [0.15, 0.2) is 5.13 Å². The average molecular weight is 937 g/mol. The van der Waals surface area contributed by atoms with Crippen LogP contribution in [0, 0.1) is 23.7 Å². The molecule has 5 heterocycles. The molecule has 0 spiro atoms. The Morgan fingerprint density at radius 1 is 1.02 bits per heavy atom. The van der Waals surface area contributed by atoms with E-state index in [0.717, 1.165) is 56.7 Å². The van der Waals surface area contributed by atoms with Gasteiger partial charge in [-0.05, 0) is 81.8 Å². The molecule has 9 atom stereocenters. The third-order valence-corrected chi connectivity index (χ3v) is 15.6. The predicted molar refractivity (Wildman–Crippen MR) is 245 cm³/mol. The van der Waals surface area contributed by atoms with Gasteiger partial charge in [0, 0.05) is 48.9 Å². The minimum Gasteiger partial charge on any atom is -0.491 e. The van der Waals surface area contributed by atoms with Crippen molar-refractivity contribution >= 4 is 62.8 Å².